The molecule has 0 aromatic rings. The smallest absolute Gasteiger partial charge is 0.0558 e. The molecule has 0 heterocycles. The largest absolute Gasteiger partial charge is 0.395 e. The Bertz CT molecular complexity index is 141. The van der Waals surface area contributed by atoms with Crippen LogP contribution in [-0.2, 0) is 0 Å². The molecule has 70 valence electrons. The first-order valence-electron chi connectivity index (χ1n) is 5.25. The van der Waals surface area contributed by atoms with Crippen LogP contribution in [0, 0.1) is 5.92 Å². The summed E-state index contributed by atoms with van der Waals surface area (Å²) in [7, 11) is 0. The second-order valence-electron chi connectivity index (χ2n) is 4.25. The van der Waals surface area contributed by atoms with Gasteiger partial charge in [0.1, 0.15) is 0 Å². The molecule has 2 rings (SSSR count). The third-order valence-electron chi connectivity index (χ3n) is 3.17. The minimum atomic E-state index is 0.337. The molecular weight excluding hydrogens is 150 g/mol. The van der Waals surface area contributed by atoms with E-state index in [0.717, 1.165) is 18.5 Å². The first-order valence-corrected chi connectivity index (χ1v) is 5.25. The summed E-state index contributed by atoms with van der Waals surface area (Å²) in [6, 6.07) is 0.817. The van der Waals surface area contributed by atoms with E-state index >= 15 is 0 Å². The predicted molar refractivity (Wildman–Crippen MR) is 49.0 cm³/mol. The third-order valence-corrected chi connectivity index (χ3v) is 3.17. The summed E-state index contributed by atoms with van der Waals surface area (Å²) in [5.74, 6) is 0.970. The van der Waals surface area contributed by atoms with E-state index in [0.29, 0.717) is 6.61 Å². The highest BCUT2D eigenvalue weighted by atomic mass is 16.3. The van der Waals surface area contributed by atoms with Crippen LogP contribution in [0.1, 0.15) is 32.1 Å². The Kier molecular flexibility index (Phi) is 2.66. The first kappa shape index (κ1) is 8.52. The Morgan fingerprint density at radius 2 is 1.92 bits per heavy atom. The van der Waals surface area contributed by atoms with E-state index < -0.39 is 0 Å². The number of aliphatic hydroxyl groups excluding tert-OH is 1. The lowest BCUT2D eigenvalue weighted by Crippen LogP contribution is -2.42. The van der Waals surface area contributed by atoms with Gasteiger partial charge in [-0.25, -0.2) is 0 Å². The number of hydrogen-bond acceptors (Lipinski definition) is 2. The van der Waals surface area contributed by atoms with Crippen molar-refractivity contribution in [3.05, 3.63) is 0 Å². The van der Waals surface area contributed by atoms with Crippen molar-refractivity contribution in [2.45, 2.75) is 38.1 Å². The molecule has 0 unspecified atom stereocenters. The van der Waals surface area contributed by atoms with Gasteiger partial charge >= 0.3 is 0 Å². The molecule has 2 fully saturated rings. The molecule has 2 nitrogen and oxygen atoms in total. The number of rotatable bonds is 5. The summed E-state index contributed by atoms with van der Waals surface area (Å²) in [4.78, 5) is 2.50. The monoisotopic (exact) mass is 169 g/mol. The third kappa shape index (κ3) is 1.99. The van der Waals surface area contributed by atoms with E-state index in [2.05, 4.69) is 4.90 Å². The van der Waals surface area contributed by atoms with Gasteiger partial charge in [-0.2, -0.15) is 0 Å². The van der Waals surface area contributed by atoms with Gasteiger partial charge in [0, 0.05) is 19.1 Å². The van der Waals surface area contributed by atoms with Crippen molar-refractivity contribution < 1.29 is 5.11 Å². The molecule has 2 heteroatoms. The van der Waals surface area contributed by atoms with Crippen molar-refractivity contribution >= 4 is 0 Å². The number of aliphatic hydroxyl groups is 1. The average molecular weight is 169 g/mol. The van der Waals surface area contributed by atoms with Crippen LogP contribution in [0.15, 0.2) is 0 Å². The van der Waals surface area contributed by atoms with E-state index in [9.17, 15) is 0 Å². The molecule has 0 atom stereocenters. The van der Waals surface area contributed by atoms with Gasteiger partial charge in [0.05, 0.1) is 6.61 Å². The summed E-state index contributed by atoms with van der Waals surface area (Å²) in [6.07, 6.45) is 6.99. The van der Waals surface area contributed by atoms with Crippen LogP contribution in [0.5, 0.6) is 0 Å². The molecule has 0 amide bonds. The minimum Gasteiger partial charge on any atom is -0.395 e. The number of nitrogens with zero attached hydrogens (tertiary/aromatic N) is 1. The van der Waals surface area contributed by atoms with Crippen LogP contribution in [-0.4, -0.2) is 35.7 Å². The maximum Gasteiger partial charge on any atom is 0.0558 e. The van der Waals surface area contributed by atoms with Crippen molar-refractivity contribution in [3.8, 4) is 0 Å². The topological polar surface area (TPSA) is 23.5 Å². The lowest BCUT2D eigenvalue weighted by atomic mass is 9.91. The van der Waals surface area contributed by atoms with Gasteiger partial charge in [-0.3, -0.25) is 4.90 Å². The van der Waals surface area contributed by atoms with Gasteiger partial charge in [-0.15, -0.1) is 0 Å². The maximum atomic E-state index is 8.90. The summed E-state index contributed by atoms with van der Waals surface area (Å²) in [6.45, 7) is 2.50. The van der Waals surface area contributed by atoms with Gasteiger partial charge in [-0.05, 0) is 31.6 Å². The van der Waals surface area contributed by atoms with E-state index in [1.165, 1.54) is 38.6 Å². The molecule has 2 saturated carbocycles. The molecule has 12 heavy (non-hydrogen) atoms. The van der Waals surface area contributed by atoms with E-state index in [-0.39, 0.29) is 0 Å². The molecule has 0 spiro atoms. The fourth-order valence-electron chi connectivity index (χ4n) is 1.94. The van der Waals surface area contributed by atoms with Crippen molar-refractivity contribution in [1.29, 1.82) is 0 Å². The Labute approximate surface area is 74.6 Å². The SMILES string of the molecule is OCCN(CC1CC1)C1CCC1. The summed E-state index contributed by atoms with van der Waals surface area (Å²) < 4.78 is 0. The van der Waals surface area contributed by atoms with Gasteiger partial charge in [0.25, 0.3) is 0 Å². The molecule has 0 saturated heterocycles. The van der Waals surface area contributed by atoms with Crippen molar-refractivity contribution in [2.24, 2.45) is 5.92 Å². The van der Waals surface area contributed by atoms with Crippen LogP contribution in [0.3, 0.4) is 0 Å². The molecular formula is C10H19NO. The quantitative estimate of drug-likeness (QED) is 0.669. The molecule has 1 N–H and O–H groups in total. The fraction of sp³-hybridized carbons (Fsp3) is 1.00. The van der Waals surface area contributed by atoms with Crippen molar-refractivity contribution in [2.75, 3.05) is 19.7 Å². The maximum absolute atomic E-state index is 8.90. The summed E-state index contributed by atoms with van der Waals surface area (Å²) in [5, 5.41) is 8.90. The highest BCUT2D eigenvalue weighted by Gasteiger charge is 2.30. The van der Waals surface area contributed by atoms with Crippen molar-refractivity contribution in [1.82, 2.24) is 4.90 Å². The van der Waals surface area contributed by atoms with Gasteiger partial charge in [-0.1, -0.05) is 6.42 Å². The lowest BCUT2D eigenvalue weighted by molar-refractivity contribution is 0.0968. The Hall–Kier alpha value is -0.0800. The van der Waals surface area contributed by atoms with Gasteiger partial charge in [0.15, 0.2) is 0 Å². The molecule has 0 aromatic heterocycles. The molecule has 0 radical (unpaired) electrons. The van der Waals surface area contributed by atoms with Crippen LogP contribution < -0.4 is 0 Å². The van der Waals surface area contributed by atoms with Crippen LogP contribution in [0.4, 0.5) is 0 Å². The molecule has 2 aliphatic rings. The molecule has 0 bridgehead atoms. The Balaban J connectivity index is 1.74. The zero-order valence-electron chi connectivity index (χ0n) is 7.71. The zero-order valence-corrected chi connectivity index (χ0v) is 7.71. The summed E-state index contributed by atoms with van der Waals surface area (Å²) >= 11 is 0. The Morgan fingerprint density at radius 1 is 1.17 bits per heavy atom. The van der Waals surface area contributed by atoms with Gasteiger partial charge in [0.2, 0.25) is 0 Å². The second-order valence-corrected chi connectivity index (χ2v) is 4.25. The zero-order chi connectivity index (χ0) is 8.39. The van der Waals surface area contributed by atoms with Crippen LogP contribution in [0.25, 0.3) is 0 Å². The number of hydrogen-bond donors (Lipinski definition) is 1. The van der Waals surface area contributed by atoms with E-state index in [1.807, 2.05) is 0 Å². The normalized spacial score (nSPS) is 24.5. The molecule has 0 aromatic carbocycles. The molecule has 0 aliphatic heterocycles. The molecule has 2 aliphatic carbocycles. The second kappa shape index (κ2) is 3.75. The van der Waals surface area contributed by atoms with E-state index in [1.54, 1.807) is 0 Å². The predicted octanol–water partition coefficient (Wildman–Crippen LogP) is 1.24. The van der Waals surface area contributed by atoms with E-state index in [4.69, 9.17) is 5.11 Å². The Morgan fingerprint density at radius 3 is 2.33 bits per heavy atom. The fourth-order valence-corrected chi connectivity index (χ4v) is 1.94. The standard InChI is InChI=1S/C10H19NO/c12-7-6-11(8-9-4-5-9)10-2-1-3-10/h9-10,12H,1-8H2. The average Bonchev–Trinajstić information content (AvgIpc) is 2.68. The highest BCUT2D eigenvalue weighted by molar-refractivity contribution is 4.84. The highest BCUT2D eigenvalue weighted by Crippen LogP contribution is 2.33. The summed E-state index contributed by atoms with van der Waals surface area (Å²) in [5.41, 5.74) is 0. The minimum absolute atomic E-state index is 0.337. The van der Waals surface area contributed by atoms with Crippen LogP contribution >= 0.6 is 0 Å². The van der Waals surface area contributed by atoms with Crippen LogP contribution in [0.2, 0.25) is 0 Å². The van der Waals surface area contributed by atoms with Gasteiger partial charge < -0.3 is 5.11 Å². The van der Waals surface area contributed by atoms with Crippen molar-refractivity contribution in [3.63, 3.8) is 0 Å². The lowest BCUT2D eigenvalue weighted by Gasteiger charge is -2.37. The first-order chi connectivity index (χ1) is 5.90.